The predicted molar refractivity (Wildman–Crippen MR) is 100 cm³/mol. The van der Waals surface area contributed by atoms with Crippen LogP contribution in [0.2, 0.25) is 0 Å². The Labute approximate surface area is 145 Å². The molecule has 0 radical (unpaired) electrons. The summed E-state index contributed by atoms with van der Waals surface area (Å²) < 4.78 is 0. The van der Waals surface area contributed by atoms with Gasteiger partial charge >= 0.3 is 0 Å². The lowest BCUT2D eigenvalue weighted by Gasteiger charge is -2.17. The van der Waals surface area contributed by atoms with Crippen LogP contribution in [0.4, 0.5) is 5.69 Å². The van der Waals surface area contributed by atoms with Gasteiger partial charge in [-0.3, -0.25) is 9.59 Å². The summed E-state index contributed by atoms with van der Waals surface area (Å²) in [7, 11) is 0. The van der Waals surface area contributed by atoms with Crippen molar-refractivity contribution in [3.05, 3.63) is 75.1 Å². The molecule has 0 aliphatic heterocycles. The van der Waals surface area contributed by atoms with Crippen LogP contribution in [0, 0.1) is 6.92 Å². The standard InChI is InChI=1S/C21H20N2O2/c1-13-6-8-14(9-7-13)20(24)22-15-10-11-17-16-4-2-3-5-18(16)21(25)23-19(17)12-15/h6-12H,2-5H2,1H3,(H,22,24)(H,23,25). The normalized spacial score (nSPS) is 13.5. The highest BCUT2D eigenvalue weighted by atomic mass is 16.1. The van der Waals surface area contributed by atoms with Crippen molar-refractivity contribution in [3.63, 3.8) is 0 Å². The molecular formula is C21H20N2O2. The summed E-state index contributed by atoms with van der Waals surface area (Å²) >= 11 is 0. The largest absolute Gasteiger partial charge is 0.322 e. The first-order chi connectivity index (χ1) is 12.1. The molecule has 4 heteroatoms. The van der Waals surface area contributed by atoms with Crippen LogP contribution < -0.4 is 10.9 Å². The van der Waals surface area contributed by atoms with Crippen molar-refractivity contribution in [1.82, 2.24) is 4.98 Å². The summed E-state index contributed by atoms with van der Waals surface area (Å²) in [6.45, 7) is 1.99. The van der Waals surface area contributed by atoms with Crippen LogP contribution in [0.1, 0.15) is 39.9 Å². The lowest BCUT2D eigenvalue weighted by molar-refractivity contribution is 0.102. The Kier molecular flexibility index (Phi) is 3.88. The van der Waals surface area contributed by atoms with Gasteiger partial charge in [0.15, 0.2) is 0 Å². The number of hydrogen-bond donors (Lipinski definition) is 2. The lowest BCUT2D eigenvalue weighted by atomic mass is 9.90. The van der Waals surface area contributed by atoms with Crippen LogP contribution in [-0.2, 0) is 12.8 Å². The highest BCUT2D eigenvalue weighted by molar-refractivity contribution is 6.05. The number of rotatable bonds is 2. The van der Waals surface area contributed by atoms with Gasteiger partial charge in [-0.2, -0.15) is 0 Å². The monoisotopic (exact) mass is 332 g/mol. The quantitative estimate of drug-likeness (QED) is 0.746. The second-order valence-electron chi connectivity index (χ2n) is 6.70. The third-order valence-corrected chi connectivity index (χ3v) is 4.91. The number of nitrogens with one attached hydrogen (secondary N) is 2. The molecule has 0 atom stereocenters. The zero-order chi connectivity index (χ0) is 17.4. The first-order valence-electron chi connectivity index (χ1n) is 8.67. The summed E-state index contributed by atoms with van der Waals surface area (Å²) in [6.07, 6.45) is 4.00. The number of H-pyrrole nitrogens is 1. The van der Waals surface area contributed by atoms with Gasteiger partial charge in [-0.15, -0.1) is 0 Å². The fraction of sp³-hybridized carbons (Fsp3) is 0.238. The van der Waals surface area contributed by atoms with Gasteiger partial charge in [0, 0.05) is 22.2 Å². The maximum Gasteiger partial charge on any atom is 0.255 e. The van der Waals surface area contributed by atoms with Crippen LogP contribution in [0.25, 0.3) is 10.9 Å². The van der Waals surface area contributed by atoms with Crippen molar-refractivity contribution in [3.8, 4) is 0 Å². The van der Waals surface area contributed by atoms with Gasteiger partial charge in [0.25, 0.3) is 11.5 Å². The summed E-state index contributed by atoms with van der Waals surface area (Å²) in [5, 5.41) is 3.99. The number of hydrogen-bond acceptors (Lipinski definition) is 2. The number of amides is 1. The summed E-state index contributed by atoms with van der Waals surface area (Å²) in [6, 6.07) is 13.2. The van der Waals surface area contributed by atoms with Gasteiger partial charge in [-0.05, 0) is 62.4 Å². The molecule has 0 spiro atoms. The van der Waals surface area contributed by atoms with Crippen LogP contribution in [0.3, 0.4) is 0 Å². The number of aromatic nitrogens is 1. The van der Waals surface area contributed by atoms with Crippen molar-refractivity contribution < 1.29 is 4.79 Å². The minimum absolute atomic E-state index is 0.00390. The molecule has 1 heterocycles. The van der Waals surface area contributed by atoms with E-state index < -0.39 is 0 Å². The molecule has 2 N–H and O–H groups in total. The van der Waals surface area contributed by atoms with Crippen LogP contribution in [-0.4, -0.2) is 10.9 Å². The zero-order valence-electron chi connectivity index (χ0n) is 14.2. The van der Waals surface area contributed by atoms with E-state index in [9.17, 15) is 9.59 Å². The van der Waals surface area contributed by atoms with Crippen molar-refractivity contribution >= 4 is 22.5 Å². The summed E-state index contributed by atoms with van der Waals surface area (Å²) in [4.78, 5) is 27.7. The van der Waals surface area contributed by atoms with Crippen LogP contribution in [0.15, 0.2) is 47.3 Å². The SMILES string of the molecule is Cc1ccc(C(=O)Nc2ccc3c4c(c(=O)[nH]c3c2)CCCC4)cc1. The highest BCUT2D eigenvalue weighted by Crippen LogP contribution is 2.27. The van der Waals surface area contributed by atoms with E-state index in [0.717, 1.165) is 47.7 Å². The molecule has 126 valence electrons. The zero-order valence-corrected chi connectivity index (χ0v) is 14.2. The molecule has 1 amide bonds. The van der Waals surface area contributed by atoms with E-state index >= 15 is 0 Å². The molecule has 0 saturated carbocycles. The molecule has 4 nitrogen and oxygen atoms in total. The first kappa shape index (κ1) is 15.6. The number of anilines is 1. The van der Waals surface area contributed by atoms with E-state index in [-0.39, 0.29) is 11.5 Å². The van der Waals surface area contributed by atoms with Gasteiger partial charge in [-0.25, -0.2) is 0 Å². The molecule has 4 rings (SSSR count). The van der Waals surface area contributed by atoms with Crippen LogP contribution >= 0.6 is 0 Å². The smallest absolute Gasteiger partial charge is 0.255 e. The fourth-order valence-corrected chi connectivity index (χ4v) is 3.55. The fourth-order valence-electron chi connectivity index (χ4n) is 3.55. The van der Waals surface area contributed by atoms with Gasteiger partial charge in [-0.1, -0.05) is 23.8 Å². The van der Waals surface area contributed by atoms with Gasteiger partial charge < -0.3 is 10.3 Å². The summed E-state index contributed by atoms with van der Waals surface area (Å²) in [5.74, 6) is -0.153. The Bertz CT molecular complexity index is 1020. The Balaban J connectivity index is 1.68. The van der Waals surface area contributed by atoms with Gasteiger partial charge in [0.1, 0.15) is 0 Å². The average molecular weight is 332 g/mol. The van der Waals surface area contributed by atoms with E-state index in [0.29, 0.717) is 11.3 Å². The van der Waals surface area contributed by atoms with E-state index in [2.05, 4.69) is 10.3 Å². The second kappa shape index (κ2) is 6.20. The van der Waals surface area contributed by atoms with E-state index in [1.807, 2.05) is 49.4 Å². The molecule has 1 aliphatic rings. The molecular weight excluding hydrogens is 312 g/mol. The molecule has 1 aliphatic carbocycles. The Morgan fingerprint density at radius 1 is 1.00 bits per heavy atom. The van der Waals surface area contributed by atoms with Crippen LogP contribution in [0.5, 0.6) is 0 Å². The van der Waals surface area contributed by atoms with E-state index in [1.165, 1.54) is 5.56 Å². The number of pyridine rings is 1. The Hall–Kier alpha value is -2.88. The minimum Gasteiger partial charge on any atom is -0.322 e. The molecule has 0 unspecified atom stereocenters. The number of carbonyl (C=O) groups excluding carboxylic acids is 1. The lowest BCUT2D eigenvalue weighted by Crippen LogP contribution is -2.19. The number of benzene rings is 2. The number of fused-ring (bicyclic) bond motifs is 3. The van der Waals surface area contributed by atoms with Crippen molar-refractivity contribution in [2.24, 2.45) is 0 Å². The third kappa shape index (κ3) is 2.95. The maximum absolute atomic E-state index is 12.4. The number of aryl methyl sites for hydroxylation is 2. The second-order valence-corrected chi connectivity index (χ2v) is 6.70. The van der Waals surface area contributed by atoms with Crippen molar-refractivity contribution in [2.75, 3.05) is 5.32 Å². The summed E-state index contributed by atoms with van der Waals surface area (Å²) in [5.41, 5.74) is 5.30. The van der Waals surface area contributed by atoms with E-state index in [4.69, 9.17) is 0 Å². The third-order valence-electron chi connectivity index (χ3n) is 4.91. The number of carbonyl (C=O) groups is 1. The Morgan fingerprint density at radius 2 is 1.72 bits per heavy atom. The number of aromatic amines is 1. The van der Waals surface area contributed by atoms with Crippen molar-refractivity contribution in [1.29, 1.82) is 0 Å². The maximum atomic E-state index is 12.4. The molecule has 3 aromatic rings. The van der Waals surface area contributed by atoms with E-state index in [1.54, 1.807) is 0 Å². The first-order valence-corrected chi connectivity index (χ1v) is 8.67. The molecule has 0 bridgehead atoms. The molecule has 2 aromatic carbocycles. The topological polar surface area (TPSA) is 62.0 Å². The predicted octanol–water partition coefficient (Wildman–Crippen LogP) is 3.97. The minimum atomic E-state index is -0.153. The highest BCUT2D eigenvalue weighted by Gasteiger charge is 2.16. The molecule has 1 aromatic heterocycles. The Morgan fingerprint density at radius 3 is 2.48 bits per heavy atom. The molecule has 0 saturated heterocycles. The van der Waals surface area contributed by atoms with Gasteiger partial charge in [0.2, 0.25) is 0 Å². The molecule has 25 heavy (non-hydrogen) atoms. The van der Waals surface area contributed by atoms with Crippen molar-refractivity contribution in [2.45, 2.75) is 32.6 Å². The van der Waals surface area contributed by atoms with Gasteiger partial charge in [0.05, 0.1) is 5.52 Å². The molecule has 0 fully saturated rings. The average Bonchev–Trinajstić information content (AvgIpc) is 2.62.